The van der Waals surface area contributed by atoms with Crippen LogP contribution in [0.4, 0.5) is 0 Å². The average Bonchev–Trinajstić information content (AvgIpc) is 2.69. The van der Waals surface area contributed by atoms with Gasteiger partial charge in [-0.25, -0.2) is 0 Å². The highest BCUT2D eigenvalue weighted by Gasteiger charge is 2.29. The number of piperidine rings is 1. The van der Waals surface area contributed by atoms with Gasteiger partial charge in [-0.1, -0.05) is 12.1 Å². The summed E-state index contributed by atoms with van der Waals surface area (Å²) in [6.07, 6.45) is 3.62. The second-order valence-electron chi connectivity index (χ2n) is 6.96. The van der Waals surface area contributed by atoms with E-state index in [0.29, 0.717) is 6.04 Å². The molecule has 1 saturated heterocycles. The molecular formula is C17H26N2O. The Kier molecular flexibility index (Phi) is 3.74. The zero-order valence-electron chi connectivity index (χ0n) is 12.9. The van der Waals surface area contributed by atoms with Gasteiger partial charge in [-0.3, -0.25) is 0 Å². The maximum atomic E-state index is 5.93. The summed E-state index contributed by atoms with van der Waals surface area (Å²) >= 11 is 0. The van der Waals surface area contributed by atoms with Crippen LogP contribution < -0.4 is 10.1 Å². The lowest BCUT2D eigenvalue weighted by atomic mass is 10.00. The number of hydrogen-bond acceptors (Lipinski definition) is 3. The highest BCUT2D eigenvalue weighted by molar-refractivity contribution is 5.41. The first-order chi connectivity index (χ1) is 9.52. The Morgan fingerprint density at radius 1 is 1.40 bits per heavy atom. The molecule has 1 N–H and O–H groups in total. The van der Waals surface area contributed by atoms with E-state index in [9.17, 15) is 0 Å². The zero-order chi connectivity index (χ0) is 14.2. The molecule has 0 spiro atoms. The fraction of sp³-hybridized carbons (Fsp3) is 0.647. The van der Waals surface area contributed by atoms with Crippen LogP contribution in [0.25, 0.3) is 0 Å². The Morgan fingerprint density at radius 2 is 2.25 bits per heavy atom. The van der Waals surface area contributed by atoms with Gasteiger partial charge in [-0.2, -0.15) is 0 Å². The Morgan fingerprint density at radius 3 is 3.05 bits per heavy atom. The van der Waals surface area contributed by atoms with E-state index in [1.807, 2.05) is 0 Å². The maximum absolute atomic E-state index is 5.93. The van der Waals surface area contributed by atoms with Crippen LogP contribution in [0, 0.1) is 0 Å². The second kappa shape index (κ2) is 5.38. The third kappa shape index (κ3) is 3.15. The molecule has 20 heavy (non-hydrogen) atoms. The van der Waals surface area contributed by atoms with Gasteiger partial charge in [0.2, 0.25) is 0 Å². The topological polar surface area (TPSA) is 24.5 Å². The number of hydrogen-bond donors (Lipinski definition) is 1. The van der Waals surface area contributed by atoms with Crippen LogP contribution in [0.2, 0.25) is 0 Å². The molecule has 110 valence electrons. The van der Waals surface area contributed by atoms with Crippen LogP contribution in [0.3, 0.4) is 0 Å². The van der Waals surface area contributed by atoms with E-state index in [1.54, 1.807) is 0 Å². The summed E-state index contributed by atoms with van der Waals surface area (Å²) in [5.41, 5.74) is 2.69. The van der Waals surface area contributed by atoms with Gasteiger partial charge in [-0.05, 0) is 57.5 Å². The summed E-state index contributed by atoms with van der Waals surface area (Å²) in [7, 11) is 2.21. The molecule has 1 aromatic carbocycles. The number of likely N-dealkylation sites (N-methyl/N-ethyl adjacent to an activating group) is 1. The van der Waals surface area contributed by atoms with Crippen molar-refractivity contribution in [1.29, 1.82) is 0 Å². The largest absolute Gasteiger partial charge is 0.487 e. The predicted molar refractivity (Wildman–Crippen MR) is 82.2 cm³/mol. The van der Waals surface area contributed by atoms with Gasteiger partial charge in [-0.15, -0.1) is 0 Å². The molecular weight excluding hydrogens is 248 g/mol. The van der Waals surface area contributed by atoms with E-state index in [4.69, 9.17) is 4.74 Å². The molecule has 0 radical (unpaired) electrons. The number of ether oxygens (including phenoxy) is 1. The summed E-state index contributed by atoms with van der Waals surface area (Å²) in [6.45, 7) is 7.68. The standard InChI is InChI=1S/C17H26N2O/c1-17(2)10-14-9-13(6-7-16(14)20-17)11-18-15-5-4-8-19(3)12-15/h6-7,9,15,18H,4-5,8,10-12H2,1-3H3. The third-order valence-corrected chi connectivity index (χ3v) is 4.35. The van der Waals surface area contributed by atoms with Crippen molar-refractivity contribution < 1.29 is 4.74 Å². The predicted octanol–water partition coefficient (Wildman–Crippen LogP) is 2.58. The summed E-state index contributed by atoms with van der Waals surface area (Å²) in [5, 5.41) is 3.70. The monoisotopic (exact) mass is 274 g/mol. The first kappa shape index (κ1) is 13.9. The molecule has 3 rings (SSSR count). The van der Waals surface area contributed by atoms with Crippen LogP contribution in [-0.4, -0.2) is 36.7 Å². The van der Waals surface area contributed by atoms with Gasteiger partial charge >= 0.3 is 0 Å². The first-order valence-corrected chi connectivity index (χ1v) is 7.75. The number of nitrogens with zero attached hydrogens (tertiary/aromatic N) is 1. The minimum atomic E-state index is -0.0412. The maximum Gasteiger partial charge on any atom is 0.123 e. The van der Waals surface area contributed by atoms with Crippen molar-refractivity contribution in [2.75, 3.05) is 20.1 Å². The summed E-state index contributed by atoms with van der Waals surface area (Å²) in [5.74, 6) is 1.07. The van der Waals surface area contributed by atoms with E-state index >= 15 is 0 Å². The highest BCUT2D eigenvalue weighted by atomic mass is 16.5. The molecule has 0 saturated carbocycles. The zero-order valence-corrected chi connectivity index (χ0v) is 12.9. The van der Waals surface area contributed by atoms with Crippen LogP contribution in [0.15, 0.2) is 18.2 Å². The molecule has 0 amide bonds. The number of benzene rings is 1. The Balaban J connectivity index is 1.59. The lowest BCUT2D eigenvalue weighted by Gasteiger charge is -2.30. The molecule has 2 heterocycles. The van der Waals surface area contributed by atoms with E-state index in [1.165, 1.54) is 37.1 Å². The summed E-state index contributed by atoms with van der Waals surface area (Å²) in [6, 6.07) is 7.27. The number of likely N-dealkylation sites (tertiary alicyclic amines) is 1. The van der Waals surface area contributed by atoms with Crippen LogP contribution >= 0.6 is 0 Å². The van der Waals surface area contributed by atoms with Crippen LogP contribution in [0.5, 0.6) is 5.75 Å². The molecule has 3 heteroatoms. The van der Waals surface area contributed by atoms with E-state index in [0.717, 1.165) is 18.7 Å². The van der Waals surface area contributed by atoms with Gasteiger partial charge in [0.25, 0.3) is 0 Å². The van der Waals surface area contributed by atoms with Crippen molar-refractivity contribution in [3.05, 3.63) is 29.3 Å². The molecule has 2 aliphatic rings. The molecule has 0 bridgehead atoms. The number of nitrogens with one attached hydrogen (secondary N) is 1. The van der Waals surface area contributed by atoms with Crippen molar-refractivity contribution in [2.24, 2.45) is 0 Å². The molecule has 1 fully saturated rings. The third-order valence-electron chi connectivity index (χ3n) is 4.35. The van der Waals surface area contributed by atoms with Crippen molar-refractivity contribution in [1.82, 2.24) is 10.2 Å². The summed E-state index contributed by atoms with van der Waals surface area (Å²) in [4.78, 5) is 2.42. The Hall–Kier alpha value is -1.06. The van der Waals surface area contributed by atoms with Gasteiger partial charge in [0, 0.05) is 25.6 Å². The highest BCUT2D eigenvalue weighted by Crippen LogP contribution is 2.35. The molecule has 1 aromatic rings. The van der Waals surface area contributed by atoms with Crippen molar-refractivity contribution >= 4 is 0 Å². The fourth-order valence-electron chi connectivity index (χ4n) is 3.37. The minimum absolute atomic E-state index is 0.0412. The van der Waals surface area contributed by atoms with Crippen molar-refractivity contribution in [3.8, 4) is 5.75 Å². The van der Waals surface area contributed by atoms with Gasteiger partial charge in [0.1, 0.15) is 11.4 Å². The van der Waals surface area contributed by atoms with Crippen LogP contribution in [0.1, 0.15) is 37.8 Å². The van der Waals surface area contributed by atoms with E-state index < -0.39 is 0 Å². The Labute approximate surface area is 122 Å². The quantitative estimate of drug-likeness (QED) is 0.917. The fourth-order valence-corrected chi connectivity index (χ4v) is 3.37. The van der Waals surface area contributed by atoms with E-state index in [2.05, 4.69) is 49.3 Å². The molecule has 0 aromatic heterocycles. The van der Waals surface area contributed by atoms with Crippen molar-refractivity contribution in [3.63, 3.8) is 0 Å². The SMILES string of the molecule is CN1CCCC(NCc2ccc3c(c2)CC(C)(C)O3)C1. The molecule has 3 nitrogen and oxygen atoms in total. The van der Waals surface area contributed by atoms with Crippen LogP contribution in [-0.2, 0) is 13.0 Å². The second-order valence-corrected chi connectivity index (χ2v) is 6.96. The average molecular weight is 274 g/mol. The normalized spacial score (nSPS) is 25.2. The van der Waals surface area contributed by atoms with Gasteiger partial charge in [0.15, 0.2) is 0 Å². The molecule has 0 aliphatic carbocycles. The lowest BCUT2D eigenvalue weighted by molar-refractivity contribution is 0.138. The molecule has 2 aliphatic heterocycles. The summed E-state index contributed by atoms with van der Waals surface area (Å²) < 4.78 is 5.93. The van der Waals surface area contributed by atoms with Crippen molar-refractivity contribution in [2.45, 2.75) is 51.3 Å². The van der Waals surface area contributed by atoms with Gasteiger partial charge in [0.05, 0.1) is 0 Å². The first-order valence-electron chi connectivity index (χ1n) is 7.75. The van der Waals surface area contributed by atoms with Gasteiger partial charge < -0.3 is 15.0 Å². The lowest BCUT2D eigenvalue weighted by Crippen LogP contribution is -2.43. The molecule has 1 atom stereocenters. The minimum Gasteiger partial charge on any atom is -0.487 e. The number of rotatable bonds is 3. The smallest absolute Gasteiger partial charge is 0.123 e. The van der Waals surface area contributed by atoms with E-state index in [-0.39, 0.29) is 5.60 Å². The molecule has 1 unspecified atom stereocenters. The number of fused-ring (bicyclic) bond motifs is 1. The Bertz CT molecular complexity index is 484.